The zero-order valence-electron chi connectivity index (χ0n) is 9.92. The van der Waals surface area contributed by atoms with Crippen LogP contribution in [-0.2, 0) is 4.74 Å². The number of nitrogens with one attached hydrogen (secondary N) is 1. The molecule has 0 aromatic heterocycles. The molecule has 0 aliphatic carbocycles. The number of rotatable bonds is 6. The minimum absolute atomic E-state index is 0.404. The summed E-state index contributed by atoms with van der Waals surface area (Å²) in [7, 11) is 0. The van der Waals surface area contributed by atoms with Gasteiger partial charge in [0, 0.05) is 25.7 Å². The van der Waals surface area contributed by atoms with Crippen LogP contribution in [-0.4, -0.2) is 56.8 Å². The Kier molecular flexibility index (Phi) is 6.84. The van der Waals surface area contributed by atoms with Crippen LogP contribution in [0, 0.1) is 0 Å². The van der Waals surface area contributed by atoms with Crippen molar-refractivity contribution in [1.82, 2.24) is 10.2 Å². The van der Waals surface area contributed by atoms with Gasteiger partial charge in [0.25, 0.3) is 6.43 Å². The largest absolute Gasteiger partial charge is 0.374 e. The van der Waals surface area contributed by atoms with Crippen LogP contribution in [0.15, 0.2) is 0 Å². The Labute approximate surface area is 96.1 Å². The fourth-order valence-electron chi connectivity index (χ4n) is 1.92. The van der Waals surface area contributed by atoms with E-state index < -0.39 is 13.0 Å². The zero-order valence-corrected chi connectivity index (χ0v) is 9.92. The lowest BCUT2D eigenvalue weighted by Crippen LogP contribution is -2.32. The van der Waals surface area contributed by atoms with Crippen molar-refractivity contribution >= 4 is 0 Å². The van der Waals surface area contributed by atoms with Crippen molar-refractivity contribution in [2.45, 2.75) is 32.2 Å². The maximum absolute atomic E-state index is 11.8. The minimum atomic E-state index is -2.35. The molecule has 1 rings (SSSR count). The molecule has 96 valence electrons. The summed E-state index contributed by atoms with van der Waals surface area (Å²) < 4.78 is 28.5. The molecule has 0 radical (unpaired) electrons. The molecule has 1 saturated heterocycles. The predicted molar refractivity (Wildman–Crippen MR) is 60.0 cm³/mol. The Morgan fingerprint density at radius 2 is 2.25 bits per heavy atom. The van der Waals surface area contributed by atoms with Gasteiger partial charge in [0.05, 0.1) is 6.61 Å². The second kappa shape index (κ2) is 7.92. The predicted octanol–water partition coefficient (Wildman–Crippen LogP) is 1.34. The maximum atomic E-state index is 11.8. The van der Waals surface area contributed by atoms with Gasteiger partial charge in [0.1, 0.15) is 6.61 Å². The second-order valence-electron chi connectivity index (χ2n) is 4.16. The van der Waals surface area contributed by atoms with Crippen molar-refractivity contribution < 1.29 is 13.5 Å². The van der Waals surface area contributed by atoms with E-state index in [4.69, 9.17) is 4.74 Å². The highest BCUT2D eigenvalue weighted by Crippen LogP contribution is 2.04. The van der Waals surface area contributed by atoms with Crippen LogP contribution in [0.4, 0.5) is 8.78 Å². The Morgan fingerprint density at radius 3 is 2.94 bits per heavy atom. The highest BCUT2D eigenvalue weighted by Gasteiger charge is 2.14. The standard InChI is InChI=1S/C11H22F2N2O/c1-2-10-3-5-15(6-4-14-10)7-8-16-9-11(12)13/h10-11,14H,2-9H2,1H3. The van der Waals surface area contributed by atoms with Gasteiger partial charge < -0.3 is 10.1 Å². The van der Waals surface area contributed by atoms with E-state index >= 15 is 0 Å². The van der Waals surface area contributed by atoms with Gasteiger partial charge in [-0.15, -0.1) is 0 Å². The molecule has 0 aromatic carbocycles. The molecular formula is C11H22F2N2O. The van der Waals surface area contributed by atoms with E-state index in [1.165, 1.54) is 0 Å². The van der Waals surface area contributed by atoms with Crippen LogP contribution in [0.5, 0.6) is 0 Å². The number of halogens is 2. The first kappa shape index (κ1) is 13.8. The summed E-state index contributed by atoms with van der Waals surface area (Å²) in [6, 6.07) is 0.604. The van der Waals surface area contributed by atoms with Gasteiger partial charge in [-0.05, 0) is 19.4 Å². The minimum Gasteiger partial charge on any atom is -0.374 e. The molecule has 0 bridgehead atoms. The Bertz CT molecular complexity index is 181. The fraction of sp³-hybridized carbons (Fsp3) is 1.00. The molecule has 0 amide bonds. The van der Waals surface area contributed by atoms with Crippen molar-refractivity contribution in [2.24, 2.45) is 0 Å². The quantitative estimate of drug-likeness (QED) is 0.704. The van der Waals surface area contributed by atoms with Gasteiger partial charge in [-0.1, -0.05) is 6.92 Å². The zero-order chi connectivity index (χ0) is 11.8. The molecule has 1 N–H and O–H groups in total. The maximum Gasteiger partial charge on any atom is 0.261 e. The van der Waals surface area contributed by atoms with Gasteiger partial charge in [-0.2, -0.15) is 0 Å². The molecule has 5 heteroatoms. The highest BCUT2D eigenvalue weighted by atomic mass is 19.3. The third kappa shape index (κ3) is 5.72. The van der Waals surface area contributed by atoms with Crippen molar-refractivity contribution in [3.05, 3.63) is 0 Å². The number of alkyl halides is 2. The van der Waals surface area contributed by atoms with E-state index in [1.54, 1.807) is 0 Å². The van der Waals surface area contributed by atoms with Crippen molar-refractivity contribution in [1.29, 1.82) is 0 Å². The van der Waals surface area contributed by atoms with Crippen LogP contribution in [0.25, 0.3) is 0 Å². The highest BCUT2D eigenvalue weighted by molar-refractivity contribution is 4.73. The average molecular weight is 236 g/mol. The Morgan fingerprint density at radius 1 is 1.44 bits per heavy atom. The molecule has 16 heavy (non-hydrogen) atoms. The molecule has 1 aliphatic heterocycles. The van der Waals surface area contributed by atoms with Gasteiger partial charge in [-0.3, -0.25) is 4.90 Å². The number of hydrogen-bond acceptors (Lipinski definition) is 3. The first-order valence-corrected chi connectivity index (χ1v) is 6.04. The lowest BCUT2D eigenvalue weighted by Gasteiger charge is -2.19. The Hall–Kier alpha value is -0.260. The Balaban J connectivity index is 2.08. The van der Waals surface area contributed by atoms with Crippen LogP contribution in [0.1, 0.15) is 19.8 Å². The lowest BCUT2D eigenvalue weighted by atomic mass is 10.1. The summed E-state index contributed by atoms with van der Waals surface area (Å²) in [5.41, 5.74) is 0. The summed E-state index contributed by atoms with van der Waals surface area (Å²) in [4.78, 5) is 2.27. The fourth-order valence-corrected chi connectivity index (χ4v) is 1.92. The molecule has 3 nitrogen and oxygen atoms in total. The number of hydrogen-bond donors (Lipinski definition) is 1. The molecule has 1 aliphatic rings. The molecule has 0 aromatic rings. The normalized spacial score (nSPS) is 23.6. The van der Waals surface area contributed by atoms with E-state index in [1.807, 2.05) is 0 Å². The third-order valence-electron chi connectivity index (χ3n) is 2.94. The second-order valence-corrected chi connectivity index (χ2v) is 4.16. The third-order valence-corrected chi connectivity index (χ3v) is 2.94. The van der Waals surface area contributed by atoms with Gasteiger partial charge in [0.15, 0.2) is 0 Å². The van der Waals surface area contributed by atoms with E-state index in [0.29, 0.717) is 12.6 Å². The van der Waals surface area contributed by atoms with Crippen molar-refractivity contribution in [2.75, 3.05) is 39.4 Å². The summed E-state index contributed by atoms with van der Waals surface area (Å²) in [5, 5.41) is 3.47. The van der Waals surface area contributed by atoms with E-state index in [2.05, 4.69) is 17.1 Å². The average Bonchev–Trinajstić information content (AvgIpc) is 2.49. The SMILES string of the molecule is CCC1CCN(CCOCC(F)F)CCN1. The molecule has 1 heterocycles. The van der Waals surface area contributed by atoms with Crippen molar-refractivity contribution in [3.63, 3.8) is 0 Å². The summed E-state index contributed by atoms with van der Waals surface area (Å²) in [6.45, 7) is 5.89. The van der Waals surface area contributed by atoms with E-state index in [0.717, 1.165) is 39.0 Å². The first-order chi connectivity index (χ1) is 7.72. The number of ether oxygens (including phenoxy) is 1. The van der Waals surface area contributed by atoms with Crippen LogP contribution < -0.4 is 5.32 Å². The molecule has 0 spiro atoms. The van der Waals surface area contributed by atoms with Crippen molar-refractivity contribution in [3.8, 4) is 0 Å². The molecular weight excluding hydrogens is 214 g/mol. The molecule has 1 unspecified atom stereocenters. The molecule has 1 atom stereocenters. The molecule has 0 saturated carbocycles. The summed E-state index contributed by atoms with van der Waals surface area (Å²) in [6.07, 6.45) is -0.0728. The van der Waals surface area contributed by atoms with Crippen LogP contribution in [0.2, 0.25) is 0 Å². The van der Waals surface area contributed by atoms with Gasteiger partial charge in [0.2, 0.25) is 0 Å². The summed E-state index contributed by atoms with van der Waals surface area (Å²) in [5.74, 6) is 0. The van der Waals surface area contributed by atoms with Gasteiger partial charge >= 0.3 is 0 Å². The van der Waals surface area contributed by atoms with Gasteiger partial charge in [-0.25, -0.2) is 8.78 Å². The van der Waals surface area contributed by atoms with E-state index in [-0.39, 0.29) is 0 Å². The molecule has 1 fully saturated rings. The lowest BCUT2D eigenvalue weighted by molar-refractivity contribution is 0.0102. The van der Waals surface area contributed by atoms with Crippen LogP contribution >= 0.6 is 0 Å². The first-order valence-electron chi connectivity index (χ1n) is 6.04. The summed E-state index contributed by atoms with van der Waals surface area (Å²) >= 11 is 0. The van der Waals surface area contributed by atoms with E-state index in [9.17, 15) is 8.78 Å². The number of nitrogens with zero attached hydrogens (tertiary/aromatic N) is 1. The smallest absolute Gasteiger partial charge is 0.261 e. The monoisotopic (exact) mass is 236 g/mol. The van der Waals surface area contributed by atoms with Crippen LogP contribution in [0.3, 0.4) is 0 Å². The topological polar surface area (TPSA) is 24.5 Å².